The molecule has 18 heavy (non-hydrogen) atoms. The summed E-state index contributed by atoms with van der Waals surface area (Å²) in [7, 11) is 0. The fourth-order valence-corrected chi connectivity index (χ4v) is 1.92. The second kappa shape index (κ2) is 4.00. The topological polar surface area (TPSA) is 65.7 Å². The first-order chi connectivity index (χ1) is 8.74. The summed E-state index contributed by atoms with van der Waals surface area (Å²) >= 11 is 0. The van der Waals surface area contributed by atoms with Gasteiger partial charge >= 0.3 is 11.1 Å². The number of hydrogen-bond donors (Lipinski definition) is 2. The van der Waals surface area contributed by atoms with Crippen LogP contribution in [0.3, 0.4) is 0 Å². The molecule has 0 amide bonds. The van der Waals surface area contributed by atoms with Crippen LogP contribution in [0.1, 0.15) is 0 Å². The van der Waals surface area contributed by atoms with Crippen molar-refractivity contribution >= 4 is 11.0 Å². The third-order valence-corrected chi connectivity index (χ3v) is 2.83. The summed E-state index contributed by atoms with van der Waals surface area (Å²) in [4.78, 5) is 27.6. The maximum Gasteiger partial charge on any atom is 0.314 e. The number of rotatable bonds is 1. The first-order valence-electron chi connectivity index (χ1n) is 5.56. The van der Waals surface area contributed by atoms with Crippen LogP contribution < -0.4 is 11.1 Å². The molecule has 0 aliphatic heterocycles. The van der Waals surface area contributed by atoms with E-state index in [0.29, 0.717) is 11.0 Å². The standard InChI is InChI=1S/C14H10N2O2/c17-13-14(18)16-12-8-10(6-7-11(12)15-13)9-4-2-1-3-5-9/h1-8H,(H,15,17)(H,16,18). The maximum atomic E-state index is 11.3. The number of aromatic nitrogens is 2. The van der Waals surface area contributed by atoms with E-state index in [1.165, 1.54) is 0 Å². The number of fused-ring (bicyclic) bond motifs is 1. The van der Waals surface area contributed by atoms with Gasteiger partial charge in [-0.05, 0) is 23.3 Å². The molecule has 3 aromatic rings. The molecule has 2 aromatic carbocycles. The Morgan fingerprint density at radius 2 is 1.33 bits per heavy atom. The third-order valence-electron chi connectivity index (χ3n) is 2.83. The van der Waals surface area contributed by atoms with Gasteiger partial charge in [-0.25, -0.2) is 0 Å². The van der Waals surface area contributed by atoms with Crippen LogP contribution in [-0.2, 0) is 0 Å². The average Bonchev–Trinajstić information content (AvgIpc) is 2.41. The molecule has 0 fully saturated rings. The van der Waals surface area contributed by atoms with E-state index in [9.17, 15) is 9.59 Å². The predicted molar refractivity (Wildman–Crippen MR) is 70.6 cm³/mol. The molecule has 3 rings (SSSR count). The van der Waals surface area contributed by atoms with Crippen LogP contribution >= 0.6 is 0 Å². The van der Waals surface area contributed by atoms with E-state index in [2.05, 4.69) is 9.97 Å². The highest BCUT2D eigenvalue weighted by atomic mass is 16.2. The van der Waals surface area contributed by atoms with Crippen LogP contribution in [0.2, 0.25) is 0 Å². The highest BCUT2D eigenvalue weighted by molar-refractivity contribution is 5.80. The first-order valence-corrected chi connectivity index (χ1v) is 5.56. The minimum absolute atomic E-state index is 0.624. The van der Waals surface area contributed by atoms with Crippen LogP contribution in [0.5, 0.6) is 0 Å². The van der Waals surface area contributed by atoms with Crippen molar-refractivity contribution in [2.24, 2.45) is 0 Å². The van der Waals surface area contributed by atoms with E-state index >= 15 is 0 Å². The van der Waals surface area contributed by atoms with Crippen LogP contribution in [0.4, 0.5) is 0 Å². The largest absolute Gasteiger partial charge is 0.316 e. The smallest absolute Gasteiger partial charge is 0.314 e. The van der Waals surface area contributed by atoms with Gasteiger partial charge in [0.25, 0.3) is 0 Å². The summed E-state index contributed by atoms with van der Waals surface area (Å²) in [5, 5.41) is 0. The number of nitrogens with one attached hydrogen (secondary N) is 2. The summed E-state index contributed by atoms with van der Waals surface area (Å²) < 4.78 is 0. The molecule has 1 heterocycles. The maximum absolute atomic E-state index is 11.3. The molecular weight excluding hydrogens is 228 g/mol. The molecule has 0 aliphatic rings. The Balaban J connectivity index is 2.26. The van der Waals surface area contributed by atoms with Crippen molar-refractivity contribution in [3.05, 3.63) is 69.2 Å². The first kappa shape index (κ1) is 10.5. The molecule has 0 saturated carbocycles. The Morgan fingerprint density at radius 1 is 0.667 bits per heavy atom. The van der Waals surface area contributed by atoms with Crippen molar-refractivity contribution in [1.29, 1.82) is 0 Å². The van der Waals surface area contributed by atoms with Crippen molar-refractivity contribution in [2.75, 3.05) is 0 Å². The van der Waals surface area contributed by atoms with Gasteiger partial charge < -0.3 is 9.97 Å². The summed E-state index contributed by atoms with van der Waals surface area (Å²) in [6, 6.07) is 15.4. The van der Waals surface area contributed by atoms with Crippen molar-refractivity contribution in [3.63, 3.8) is 0 Å². The number of hydrogen-bond acceptors (Lipinski definition) is 2. The van der Waals surface area contributed by atoms with Crippen LogP contribution in [0.15, 0.2) is 58.1 Å². The summed E-state index contributed by atoms with van der Waals surface area (Å²) in [5.41, 5.74) is 2.04. The van der Waals surface area contributed by atoms with Crippen molar-refractivity contribution in [2.45, 2.75) is 0 Å². The fourth-order valence-electron chi connectivity index (χ4n) is 1.92. The Morgan fingerprint density at radius 3 is 2.06 bits per heavy atom. The lowest BCUT2D eigenvalue weighted by Crippen LogP contribution is -2.28. The van der Waals surface area contributed by atoms with Crippen LogP contribution in [-0.4, -0.2) is 9.97 Å². The molecule has 0 atom stereocenters. The van der Waals surface area contributed by atoms with Gasteiger partial charge in [0.15, 0.2) is 0 Å². The molecule has 0 radical (unpaired) electrons. The predicted octanol–water partition coefficient (Wildman–Crippen LogP) is 1.88. The normalized spacial score (nSPS) is 10.7. The van der Waals surface area contributed by atoms with Crippen molar-refractivity contribution in [1.82, 2.24) is 9.97 Å². The number of benzene rings is 2. The molecule has 0 bridgehead atoms. The van der Waals surface area contributed by atoms with E-state index in [1.807, 2.05) is 42.5 Å². The molecule has 4 nitrogen and oxygen atoms in total. The van der Waals surface area contributed by atoms with Gasteiger partial charge in [-0.15, -0.1) is 0 Å². The molecule has 4 heteroatoms. The minimum atomic E-state index is -0.632. The zero-order valence-electron chi connectivity index (χ0n) is 9.44. The minimum Gasteiger partial charge on any atom is -0.316 e. The quantitative estimate of drug-likeness (QED) is 0.636. The molecule has 0 unspecified atom stereocenters. The molecule has 1 aromatic heterocycles. The lowest BCUT2D eigenvalue weighted by molar-refractivity contribution is 1.15. The second-order valence-corrected chi connectivity index (χ2v) is 4.03. The van der Waals surface area contributed by atoms with Gasteiger partial charge in [0.05, 0.1) is 11.0 Å². The molecule has 2 N–H and O–H groups in total. The lowest BCUT2D eigenvalue weighted by Gasteiger charge is -2.03. The van der Waals surface area contributed by atoms with Gasteiger partial charge in [0, 0.05) is 0 Å². The highest BCUT2D eigenvalue weighted by Gasteiger charge is 2.02. The third kappa shape index (κ3) is 1.73. The molecule has 0 aliphatic carbocycles. The van der Waals surface area contributed by atoms with Gasteiger partial charge in [-0.3, -0.25) is 9.59 Å². The Hall–Kier alpha value is -2.62. The van der Waals surface area contributed by atoms with Gasteiger partial charge in [0.2, 0.25) is 0 Å². The number of aromatic amines is 2. The van der Waals surface area contributed by atoms with E-state index in [4.69, 9.17) is 0 Å². The summed E-state index contributed by atoms with van der Waals surface area (Å²) in [6.45, 7) is 0. The molecule has 88 valence electrons. The van der Waals surface area contributed by atoms with E-state index in [0.717, 1.165) is 11.1 Å². The Kier molecular flexibility index (Phi) is 2.34. The average molecular weight is 238 g/mol. The van der Waals surface area contributed by atoms with Gasteiger partial charge in [-0.2, -0.15) is 0 Å². The summed E-state index contributed by atoms with van der Waals surface area (Å²) in [6.07, 6.45) is 0. The molecular formula is C14H10N2O2. The van der Waals surface area contributed by atoms with Gasteiger partial charge in [-0.1, -0.05) is 36.4 Å². The Labute approximate surface area is 102 Å². The van der Waals surface area contributed by atoms with E-state index < -0.39 is 11.1 Å². The van der Waals surface area contributed by atoms with Crippen LogP contribution in [0, 0.1) is 0 Å². The van der Waals surface area contributed by atoms with Gasteiger partial charge in [0.1, 0.15) is 0 Å². The van der Waals surface area contributed by atoms with Crippen molar-refractivity contribution in [3.8, 4) is 11.1 Å². The Bertz CT molecular complexity index is 816. The zero-order chi connectivity index (χ0) is 12.5. The SMILES string of the molecule is O=c1[nH]c2ccc(-c3ccccc3)cc2[nH]c1=O. The highest BCUT2D eigenvalue weighted by Crippen LogP contribution is 2.21. The van der Waals surface area contributed by atoms with E-state index in [-0.39, 0.29) is 0 Å². The summed E-state index contributed by atoms with van der Waals surface area (Å²) in [5.74, 6) is 0. The second-order valence-electron chi connectivity index (χ2n) is 4.03. The van der Waals surface area contributed by atoms with Crippen LogP contribution in [0.25, 0.3) is 22.2 Å². The molecule has 0 spiro atoms. The lowest BCUT2D eigenvalue weighted by atomic mass is 10.1. The number of H-pyrrole nitrogens is 2. The van der Waals surface area contributed by atoms with E-state index in [1.54, 1.807) is 6.07 Å². The monoisotopic (exact) mass is 238 g/mol. The zero-order valence-corrected chi connectivity index (χ0v) is 9.44. The van der Waals surface area contributed by atoms with Crippen molar-refractivity contribution < 1.29 is 0 Å². The fraction of sp³-hybridized carbons (Fsp3) is 0. The molecule has 0 saturated heterocycles.